The molecule has 1 aliphatic heterocycles. The zero-order valence-electron chi connectivity index (χ0n) is 11.5. The number of amides is 2. The van der Waals surface area contributed by atoms with Crippen molar-refractivity contribution in [3.05, 3.63) is 0 Å². The zero-order chi connectivity index (χ0) is 14.0. The molecular formula is C13H22N2O3S. The van der Waals surface area contributed by atoms with E-state index in [-0.39, 0.29) is 11.4 Å². The fraction of sp³-hybridized carbons (Fsp3) is 0.846. The van der Waals surface area contributed by atoms with Crippen LogP contribution in [-0.2, 0) is 4.79 Å². The van der Waals surface area contributed by atoms with E-state index in [2.05, 4.69) is 6.92 Å². The van der Waals surface area contributed by atoms with Gasteiger partial charge in [-0.05, 0) is 25.2 Å². The predicted octanol–water partition coefficient (Wildman–Crippen LogP) is 2.08. The second-order valence-electron chi connectivity index (χ2n) is 5.38. The quantitative estimate of drug-likeness (QED) is 0.840. The Balaban J connectivity index is 2.06. The Kier molecular flexibility index (Phi) is 4.60. The standard InChI is InChI=1S/C13H22N2O3S/c1-3-4-7-14(2)13(18)15-10(12(16)17)8-19-11(15)9-5-6-9/h9-11H,3-8H2,1-2H3,(H,16,17). The molecule has 2 amide bonds. The minimum Gasteiger partial charge on any atom is -0.480 e. The van der Waals surface area contributed by atoms with E-state index >= 15 is 0 Å². The van der Waals surface area contributed by atoms with Gasteiger partial charge in [-0.2, -0.15) is 0 Å². The van der Waals surface area contributed by atoms with E-state index in [4.69, 9.17) is 0 Å². The molecule has 1 saturated carbocycles. The molecule has 6 heteroatoms. The van der Waals surface area contributed by atoms with Gasteiger partial charge in [0.25, 0.3) is 0 Å². The number of hydrogen-bond donors (Lipinski definition) is 1. The maximum Gasteiger partial charge on any atom is 0.327 e. The number of hydrogen-bond acceptors (Lipinski definition) is 3. The SMILES string of the molecule is CCCCN(C)C(=O)N1C(C(=O)O)CSC1C1CC1. The number of carbonyl (C=O) groups is 2. The van der Waals surface area contributed by atoms with Crippen LogP contribution in [0.1, 0.15) is 32.6 Å². The van der Waals surface area contributed by atoms with Gasteiger partial charge < -0.3 is 10.0 Å². The van der Waals surface area contributed by atoms with Crippen LogP contribution in [0.4, 0.5) is 4.79 Å². The number of urea groups is 1. The van der Waals surface area contributed by atoms with Crippen LogP contribution in [0.3, 0.4) is 0 Å². The van der Waals surface area contributed by atoms with Gasteiger partial charge in [0.2, 0.25) is 0 Å². The minimum atomic E-state index is -0.882. The number of thioether (sulfide) groups is 1. The fourth-order valence-electron chi connectivity index (χ4n) is 2.39. The normalized spacial score (nSPS) is 26.5. The molecule has 1 saturated heterocycles. The summed E-state index contributed by atoms with van der Waals surface area (Å²) in [6.45, 7) is 2.78. The first-order valence-electron chi connectivity index (χ1n) is 6.94. The van der Waals surface area contributed by atoms with Crippen LogP contribution in [0.25, 0.3) is 0 Å². The Bertz CT molecular complexity index is 360. The van der Waals surface area contributed by atoms with Gasteiger partial charge in [0.05, 0.1) is 5.37 Å². The van der Waals surface area contributed by atoms with Crippen molar-refractivity contribution >= 4 is 23.8 Å². The average Bonchev–Trinajstić information content (AvgIpc) is 3.13. The van der Waals surface area contributed by atoms with Crippen molar-refractivity contribution in [3.8, 4) is 0 Å². The molecule has 0 aromatic carbocycles. The van der Waals surface area contributed by atoms with Crippen LogP contribution < -0.4 is 0 Å². The second-order valence-corrected chi connectivity index (χ2v) is 6.53. The lowest BCUT2D eigenvalue weighted by atomic mass is 10.2. The number of rotatable bonds is 5. The maximum atomic E-state index is 12.5. The molecular weight excluding hydrogens is 264 g/mol. The van der Waals surface area contributed by atoms with Gasteiger partial charge in [-0.25, -0.2) is 9.59 Å². The van der Waals surface area contributed by atoms with Crippen LogP contribution in [-0.4, -0.2) is 57.7 Å². The summed E-state index contributed by atoms with van der Waals surface area (Å²) in [5, 5.41) is 9.35. The van der Waals surface area contributed by atoms with Gasteiger partial charge in [-0.3, -0.25) is 4.90 Å². The lowest BCUT2D eigenvalue weighted by Crippen LogP contribution is -2.51. The highest BCUT2D eigenvalue weighted by Crippen LogP contribution is 2.45. The summed E-state index contributed by atoms with van der Waals surface area (Å²) >= 11 is 1.62. The van der Waals surface area contributed by atoms with Gasteiger partial charge in [-0.1, -0.05) is 13.3 Å². The van der Waals surface area contributed by atoms with E-state index in [1.165, 1.54) is 0 Å². The molecule has 19 heavy (non-hydrogen) atoms. The molecule has 0 radical (unpaired) electrons. The highest BCUT2D eigenvalue weighted by Gasteiger charge is 2.48. The molecule has 108 valence electrons. The van der Waals surface area contributed by atoms with Crippen molar-refractivity contribution in [1.29, 1.82) is 0 Å². The van der Waals surface area contributed by atoms with E-state index in [1.54, 1.807) is 28.6 Å². The third-order valence-corrected chi connectivity index (χ3v) is 5.20. The van der Waals surface area contributed by atoms with Crippen molar-refractivity contribution < 1.29 is 14.7 Å². The van der Waals surface area contributed by atoms with E-state index in [1.807, 2.05) is 0 Å². The Morgan fingerprint density at radius 2 is 2.11 bits per heavy atom. The monoisotopic (exact) mass is 286 g/mol. The van der Waals surface area contributed by atoms with Crippen LogP contribution in [0, 0.1) is 5.92 Å². The first-order valence-corrected chi connectivity index (χ1v) is 7.99. The van der Waals surface area contributed by atoms with Crippen molar-refractivity contribution in [2.24, 2.45) is 5.92 Å². The smallest absolute Gasteiger partial charge is 0.327 e. The third kappa shape index (κ3) is 3.16. The molecule has 2 atom stereocenters. The van der Waals surface area contributed by atoms with Gasteiger partial charge in [0.1, 0.15) is 6.04 Å². The predicted molar refractivity (Wildman–Crippen MR) is 75.2 cm³/mol. The number of carboxylic acid groups (broad SMARTS) is 1. The summed E-state index contributed by atoms with van der Waals surface area (Å²) in [7, 11) is 1.77. The molecule has 1 aliphatic carbocycles. The minimum absolute atomic E-state index is 0.0673. The van der Waals surface area contributed by atoms with E-state index in [9.17, 15) is 14.7 Å². The van der Waals surface area contributed by atoms with Crippen molar-refractivity contribution in [3.63, 3.8) is 0 Å². The van der Waals surface area contributed by atoms with Gasteiger partial charge in [-0.15, -0.1) is 11.8 Å². The molecule has 1 N–H and O–H groups in total. The Hall–Kier alpha value is -0.910. The summed E-state index contributed by atoms with van der Waals surface area (Å²) in [5.41, 5.74) is 0. The van der Waals surface area contributed by atoms with Gasteiger partial charge in [0, 0.05) is 19.3 Å². The van der Waals surface area contributed by atoms with Crippen LogP contribution in [0.2, 0.25) is 0 Å². The number of carboxylic acids is 1. The van der Waals surface area contributed by atoms with Crippen molar-refractivity contribution in [1.82, 2.24) is 9.80 Å². The molecule has 0 spiro atoms. The maximum absolute atomic E-state index is 12.5. The molecule has 2 unspecified atom stereocenters. The van der Waals surface area contributed by atoms with E-state index in [0.717, 1.165) is 25.7 Å². The van der Waals surface area contributed by atoms with Gasteiger partial charge in [0.15, 0.2) is 0 Å². The third-order valence-electron chi connectivity index (χ3n) is 3.74. The van der Waals surface area contributed by atoms with E-state index in [0.29, 0.717) is 18.2 Å². The summed E-state index contributed by atoms with van der Waals surface area (Å²) in [6.07, 6.45) is 4.22. The molecule has 5 nitrogen and oxygen atoms in total. The largest absolute Gasteiger partial charge is 0.480 e. The van der Waals surface area contributed by atoms with Crippen molar-refractivity contribution in [2.75, 3.05) is 19.3 Å². The Morgan fingerprint density at radius 1 is 1.42 bits per heavy atom. The topological polar surface area (TPSA) is 60.9 Å². The van der Waals surface area contributed by atoms with Gasteiger partial charge >= 0.3 is 12.0 Å². The number of nitrogens with zero attached hydrogens (tertiary/aromatic N) is 2. The molecule has 0 bridgehead atoms. The number of carbonyl (C=O) groups excluding carboxylic acids is 1. The highest BCUT2D eigenvalue weighted by molar-refractivity contribution is 8.00. The molecule has 2 aliphatic rings. The highest BCUT2D eigenvalue weighted by atomic mass is 32.2. The summed E-state index contributed by atoms with van der Waals surface area (Å²) in [5.74, 6) is 0.134. The summed E-state index contributed by atoms with van der Waals surface area (Å²) < 4.78 is 0. The van der Waals surface area contributed by atoms with E-state index < -0.39 is 12.0 Å². The van der Waals surface area contributed by atoms with Crippen molar-refractivity contribution in [2.45, 2.75) is 44.0 Å². The second kappa shape index (κ2) is 6.03. The molecule has 2 fully saturated rings. The average molecular weight is 286 g/mol. The number of aliphatic carboxylic acids is 1. The molecule has 2 rings (SSSR count). The first-order chi connectivity index (χ1) is 9.06. The molecule has 0 aromatic rings. The molecule has 1 heterocycles. The summed E-state index contributed by atoms with van der Waals surface area (Å²) in [6, 6.07) is -0.782. The zero-order valence-corrected chi connectivity index (χ0v) is 12.4. The Morgan fingerprint density at radius 3 is 2.63 bits per heavy atom. The van der Waals surface area contributed by atoms with Crippen LogP contribution in [0.15, 0.2) is 0 Å². The first kappa shape index (κ1) is 14.5. The summed E-state index contributed by atoms with van der Waals surface area (Å²) in [4.78, 5) is 27.1. The lowest BCUT2D eigenvalue weighted by Gasteiger charge is -2.31. The number of unbranched alkanes of at least 4 members (excludes halogenated alkanes) is 1. The lowest BCUT2D eigenvalue weighted by molar-refractivity contribution is -0.141. The Labute approximate surface area is 118 Å². The van der Waals surface area contributed by atoms with Crippen LogP contribution in [0.5, 0.6) is 0 Å². The van der Waals surface area contributed by atoms with Crippen LogP contribution >= 0.6 is 11.8 Å². The fourth-order valence-corrected chi connectivity index (χ4v) is 4.02. The molecule has 0 aromatic heterocycles.